The average Bonchev–Trinajstić information content (AvgIpc) is 2.42. The second kappa shape index (κ2) is 2.47. The molecule has 0 amide bonds. The Bertz CT molecular complexity index is 168. The van der Waals surface area contributed by atoms with E-state index in [1.165, 1.54) is 19.5 Å². The zero-order valence-electron chi connectivity index (χ0n) is 8.80. The maximum Gasteiger partial charge on any atom is 0.00127 e. The predicted octanol–water partition coefficient (Wildman–Crippen LogP) is 2.23. The standard InChI is InChI=1S/C11H21N/c1-11(2,3)5-8-9-6-12(4)7-10(8)9/h8-10H,5-7H2,1-4H3/t8?,9-,10?/m1/s1. The van der Waals surface area contributed by atoms with Gasteiger partial charge in [0.2, 0.25) is 0 Å². The minimum absolute atomic E-state index is 0.549. The van der Waals surface area contributed by atoms with Crippen LogP contribution in [0.5, 0.6) is 0 Å². The first-order chi connectivity index (χ1) is 5.47. The molecule has 1 aliphatic carbocycles. The highest BCUT2D eigenvalue weighted by Gasteiger charge is 2.54. The van der Waals surface area contributed by atoms with Crippen molar-refractivity contribution in [2.75, 3.05) is 20.1 Å². The van der Waals surface area contributed by atoms with Crippen molar-refractivity contribution < 1.29 is 0 Å². The van der Waals surface area contributed by atoms with E-state index >= 15 is 0 Å². The van der Waals surface area contributed by atoms with Gasteiger partial charge in [-0.2, -0.15) is 0 Å². The molecule has 2 aliphatic rings. The maximum absolute atomic E-state index is 2.48. The Morgan fingerprint density at radius 3 is 2.08 bits per heavy atom. The highest BCUT2D eigenvalue weighted by atomic mass is 15.2. The van der Waals surface area contributed by atoms with Crippen molar-refractivity contribution >= 4 is 0 Å². The smallest absolute Gasteiger partial charge is 0.00127 e. The van der Waals surface area contributed by atoms with Crippen LogP contribution in [0.25, 0.3) is 0 Å². The molecular formula is C11H21N. The van der Waals surface area contributed by atoms with Gasteiger partial charge in [0.25, 0.3) is 0 Å². The highest BCUT2D eigenvalue weighted by molar-refractivity contribution is 5.05. The quantitative estimate of drug-likeness (QED) is 0.579. The van der Waals surface area contributed by atoms with Crippen LogP contribution in [0, 0.1) is 23.2 Å². The van der Waals surface area contributed by atoms with Gasteiger partial charge in [0.1, 0.15) is 0 Å². The second-order valence-corrected chi connectivity index (χ2v) is 5.98. The monoisotopic (exact) mass is 167 g/mol. The molecule has 1 saturated heterocycles. The van der Waals surface area contributed by atoms with Crippen LogP contribution in [0.2, 0.25) is 0 Å². The molecule has 1 heteroatoms. The zero-order chi connectivity index (χ0) is 8.93. The maximum atomic E-state index is 2.48. The summed E-state index contributed by atoms with van der Waals surface area (Å²) >= 11 is 0. The van der Waals surface area contributed by atoms with E-state index in [0.29, 0.717) is 5.41 Å². The molecule has 1 aliphatic heterocycles. The molecule has 1 nitrogen and oxygen atoms in total. The molecule has 3 atom stereocenters. The van der Waals surface area contributed by atoms with Crippen LogP contribution in [-0.4, -0.2) is 25.0 Å². The van der Waals surface area contributed by atoms with Gasteiger partial charge in [-0.05, 0) is 36.6 Å². The van der Waals surface area contributed by atoms with Crippen LogP contribution < -0.4 is 0 Å². The summed E-state index contributed by atoms with van der Waals surface area (Å²) in [6, 6.07) is 0. The van der Waals surface area contributed by atoms with Crippen molar-refractivity contribution in [3.8, 4) is 0 Å². The third kappa shape index (κ3) is 1.52. The number of likely N-dealkylation sites (tertiary alicyclic amines) is 1. The summed E-state index contributed by atoms with van der Waals surface area (Å²) in [5, 5.41) is 0. The van der Waals surface area contributed by atoms with Gasteiger partial charge in [0, 0.05) is 13.1 Å². The van der Waals surface area contributed by atoms with Gasteiger partial charge in [-0.1, -0.05) is 20.8 Å². The molecule has 2 fully saturated rings. The third-order valence-corrected chi connectivity index (χ3v) is 3.40. The molecule has 0 bridgehead atoms. The molecule has 0 N–H and O–H groups in total. The lowest BCUT2D eigenvalue weighted by Crippen LogP contribution is -2.20. The highest BCUT2D eigenvalue weighted by Crippen LogP contribution is 2.55. The lowest BCUT2D eigenvalue weighted by atomic mass is 9.88. The molecule has 0 radical (unpaired) electrons. The number of fused-ring (bicyclic) bond motifs is 1. The van der Waals surface area contributed by atoms with E-state index in [9.17, 15) is 0 Å². The summed E-state index contributed by atoms with van der Waals surface area (Å²) in [7, 11) is 2.25. The summed E-state index contributed by atoms with van der Waals surface area (Å²) in [4.78, 5) is 2.48. The Labute approximate surface area is 76.1 Å². The van der Waals surface area contributed by atoms with E-state index in [1.54, 1.807) is 0 Å². The minimum atomic E-state index is 0.549. The second-order valence-electron chi connectivity index (χ2n) is 5.98. The molecule has 2 rings (SSSR count). The van der Waals surface area contributed by atoms with E-state index in [0.717, 1.165) is 17.8 Å². The van der Waals surface area contributed by atoms with Gasteiger partial charge in [-0.3, -0.25) is 0 Å². The zero-order valence-corrected chi connectivity index (χ0v) is 8.80. The number of nitrogens with zero attached hydrogens (tertiary/aromatic N) is 1. The molecule has 0 aromatic rings. The molecule has 0 aromatic carbocycles. The Balaban J connectivity index is 1.83. The number of piperidine rings is 1. The van der Waals surface area contributed by atoms with Gasteiger partial charge < -0.3 is 4.90 Å². The molecule has 1 saturated carbocycles. The lowest BCUT2D eigenvalue weighted by Gasteiger charge is -2.20. The van der Waals surface area contributed by atoms with Crippen LogP contribution in [-0.2, 0) is 0 Å². The van der Waals surface area contributed by atoms with E-state index in [-0.39, 0.29) is 0 Å². The van der Waals surface area contributed by atoms with Crippen LogP contribution >= 0.6 is 0 Å². The molecule has 0 spiro atoms. The first-order valence-electron chi connectivity index (χ1n) is 5.16. The Morgan fingerprint density at radius 2 is 1.67 bits per heavy atom. The van der Waals surface area contributed by atoms with Crippen molar-refractivity contribution in [3.63, 3.8) is 0 Å². The topological polar surface area (TPSA) is 3.24 Å². The normalized spacial score (nSPS) is 41.5. The van der Waals surface area contributed by atoms with E-state index in [4.69, 9.17) is 0 Å². The SMILES string of the molecule is CN1CC2C(CC(C)(C)C)[C@H]2C1. The molecule has 2 unspecified atom stereocenters. The van der Waals surface area contributed by atoms with Crippen molar-refractivity contribution in [3.05, 3.63) is 0 Å². The Morgan fingerprint density at radius 1 is 1.17 bits per heavy atom. The van der Waals surface area contributed by atoms with E-state index < -0.39 is 0 Å². The fourth-order valence-corrected chi connectivity index (χ4v) is 2.87. The first kappa shape index (κ1) is 8.55. The van der Waals surface area contributed by atoms with E-state index in [2.05, 4.69) is 32.7 Å². The fraction of sp³-hybridized carbons (Fsp3) is 1.00. The van der Waals surface area contributed by atoms with Gasteiger partial charge in [0.05, 0.1) is 0 Å². The summed E-state index contributed by atoms with van der Waals surface area (Å²) < 4.78 is 0. The molecule has 70 valence electrons. The van der Waals surface area contributed by atoms with Crippen LogP contribution in [0.15, 0.2) is 0 Å². The predicted molar refractivity (Wildman–Crippen MR) is 52.0 cm³/mol. The summed E-state index contributed by atoms with van der Waals surface area (Å²) in [5.74, 6) is 3.20. The van der Waals surface area contributed by atoms with Crippen molar-refractivity contribution in [1.29, 1.82) is 0 Å². The molecular weight excluding hydrogens is 146 g/mol. The number of rotatable bonds is 1. The summed E-state index contributed by atoms with van der Waals surface area (Å²) in [6.07, 6.45) is 1.44. The Kier molecular flexibility index (Phi) is 1.76. The van der Waals surface area contributed by atoms with E-state index in [1.807, 2.05) is 0 Å². The first-order valence-corrected chi connectivity index (χ1v) is 5.16. The van der Waals surface area contributed by atoms with Gasteiger partial charge >= 0.3 is 0 Å². The van der Waals surface area contributed by atoms with Gasteiger partial charge in [-0.15, -0.1) is 0 Å². The molecule has 1 heterocycles. The largest absolute Gasteiger partial charge is 0.306 e. The van der Waals surface area contributed by atoms with Crippen LogP contribution in [0.1, 0.15) is 27.2 Å². The van der Waals surface area contributed by atoms with Crippen LogP contribution in [0.4, 0.5) is 0 Å². The van der Waals surface area contributed by atoms with Gasteiger partial charge in [0.15, 0.2) is 0 Å². The average molecular weight is 167 g/mol. The fourth-order valence-electron chi connectivity index (χ4n) is 2.87. The van der Waals surface area contributed by atoms with Gasteiger partial charge in [-0.25, -0.2) is 0 Å². The molecule has 0 aromatic heterocycles. The minimum Gasteiger partial charge on any atom is -0.306 e. The number of hydrogen-bond acceptors (Lipinski definition) is 1. The van der Waals surface area contributed by atoms with Crippen molar-refractivity contribution in [2.24, 2.45) is 23.2 Å². The summed E-state index contributed by atoms with van der Waals surface area (Å²) in [6.45, 7) is 9.83. The van der Waals surface area contributed by atoms with Crippen molar-refractivity contribution in [1.82, 2.24) is 4.90 Å². The van der Waals surface area contributed by atoms with Crippen LogP contribution in [0.3, 0.4) is 0 Å². The summed E-state index contributed by atoms with van der Waals surface area (Å²) in [5.41, 5.74) is 0.549. The molecule has 12 heavy (non-hydrogen) atoms. The third-order valence-electron chi connectivity index (χ3n) is 3.40. The Hall–Kier alpha value is -0.0400. The lowest BCUT2D eigenvalue weighted by molar-refractivity contribution is 0.284. The van der Waals surface area contributed by atoms with Crippen molar-refractivity contribution in [2.45, 2.75) is 27.2 Å². The number of hydrogen-bond donors (Lipinski definition) is 0.